The topological polar surface area (TPSA) is 0 Å². The molecule has 0 saturated heterocycles. The minimum Gasteiger partial charge on any atom is -0.166 e. The molecule has 0 radical (unpaired) electrons. The van der Waals surface area contributed by atoms with Crippen molar-refractivity contribution in [3.05, 3.63) is 41.5 Å². The zero-order chi connectivity index (χ0) is 15.9. The van der Waals surface area contributed by atoms with Gasteiger partial charge < -0.3 is 0 Å². The van der Waals surface area contributed by atoms with E-state index < -0.39 is 40.8 Å². The Kier molecular flexibility index (Phi) is 3.86. The number of benzene rings is 1. The summed E-state index contributed by atoms with van der Waals surface area (Å²) >= 11 is 0. The van der Waals surface area contributed by atoms with Gasteiger partial charge in [0, 0.05) is 0 Å². The van der Waals surface area contributed by atoms with E-state index in [9.17, 15) is 39.5 Å². The van der Waals surface area contributed by atoms with Crippen LogP contribution in [0, 0.1) is 0 Å². The Labute approximate surface area is 106 Å². The molecule has 112 valence electrons. The van der Waals surface area contributed by atoms with E-state index in [-0.39, 0.29) is 18.2 Å². The molecule has 0 fully saturated rings. The van der Waals surface area contributed by atoms with Crippen LogP contribution in [-0.2, 0) is 12.4 Å². The van der Waals surface area contributed by atoms with E-state index in [2.05, 4.69) is 6.58 Å². The van der Waals surface area contributed by atoms with Crippen molar-refractivity contribution in [1.29, 1.82) is 0 Å². The third kappa shape index (κ3) is 3.67. The predicted octanol–water partition coefficient (Wildman–Crippen LogP) is 5.30. The van der Waals surface area contributed by atoms with E-state index in [4.69, 9.17) is 0 Å². The molecule has 1 rings (SSSR count). The normalized spacial score (nSPS) is 13.4. The summed E-state index contributed by atoms with van der Waals surface area (Å²) in [5.74, 6) is 0. The Morgan fingerprint density at radius 3 is 1.30 bits per heavy atom. The van der Waals surface area contributed by atoms with Gasteiger partial charge in [-0.1, -0.05) is 6.58 Å². The van der Waals surface area contributed by atoms with Crippen LogP contribution in [0.4, 0.5) is 39.5 Å². The molecule has 20 heavy (non-hydrogen) atoms. The largest absolute Gasteiger partial charge is 0.416 e. The van der Waals surface area contributed by atoms with Crippen LogP contribution in [0.5, 0.6) is 0 Å². The van der Waals surface area contributed by atoms with Gasteiger partial charge >= 0.3 is 18.5 Å². The molecule has 0 saturated carbocycles. The standard InChI is InChI=1S/C11H5F9/c1-5(9(12,13)14)6-2-7(10(15,16)17)4-8(3-6)11(18,19)20/h2-4H,1H2. The van der Waals surface area contributed by atoms with Crippen LogP contribution in [0.1, 0.15) is 16.7 Å². The van der Waals surface area contributed by atoms with Crippen molar-refractivity contribution in [3.63, 3.8) is 0 Å². The molecule has 1 aromatic carbocycles. The van der Waals surface area contributed by atoms with Crippen molar-refractivity contribution in [2.45, 2.75) is 18.5 Å². The van der Waals surface area contributed by atoms with Crippen LogP contribution in [-0.4, -0.2) is 6.18 Å². The lowest BCUT2D eigenvalue weighted by molar-refractivity contribution is -0.143. The molecule has 0 aliphatic heterocycles. The summed E-state index contributed by atoms with van der Waals surface area (Å²) < 4.78 is 111. The SMILES string of the molecule is C=C(c1cc(C(F)(F)F)cc(C(F)(F)F)c1)C(F)(F)F. The molecule has 0 aliphatic carbocycles. The van der Waals surface area contributed by atoms with Gasteiger partial charge in [-0.3, -0.25) is 0 Å². The summed E-state index contributed by atoms with van der Waals surface area (Å²) in [6, 6.07) is -0.302. The zero-order valence-electron chi connectivity index (χ0n) is 9.34. The highest BCUT2D eigenvalue weighted by Crippen LogP contribution is 2.40. The Morgan fingerprint density at radius 2 is 1.05 bits per heavy atom. The summed E-state index contributed by atoms with van der Waals surface area (Å²) in [6.45, 7) is 2.48. The molecule has 0 bridgehead atoms. The average molecular weight is 308 g/mol. The molecule has 0 heterocycles. The first-order valence-corrected chi connectivity index (χ1v) is 4.79. The molecule has 1 aromatic rings. The Hall–Kier alpha value is -1.67. The third-order valence-electron chi connectivity index (χ3n) is 2.28. The first-order valence-electron chi connectivity index (χ1n) is 4.79. The van der Waals surface area contributed by atoms with Crippen LogP contribution in [0.15, 0.2) is 24.8 Å². The van der Waals surface area contributed by atoms with E-state index >= 15 is 0 Å². The average Bonchev–Trinajstić information content (AvgIpc) is 2.23. The minimum absolute atomic E-state index is 0.0228. The summed E-state index contributed by atoms with van der Waals surface area (Å²) in [4.78, 5) is 0. The fourth-order valence-electron chi connectivity index (χ4n) is 1.29. The zero-order valence-corrected chi connectivity index (χ0v) is 9.34. The lowest BCUT2D eigenvalue weighted by atomic mass is 10.00. The van der Waals surface area contributed by atoms with E-state index in [0.29, 0.717) is 0 Å². The van der Waals surface area contributed by atoms with Gasteiger partial charge in [0.25, 0.3) is 0 Å². The first-order chi connectivity index (χ1) is 8.73. The second-order valence-electron chi connectivity index (χ2n) is 3.77. The lowest BCUT2D eigenvalue weighted by Gasteiger charge is -2.16. The molecule has 0 N–H and O–H groups in total. The predicted molar refractivity (Wildman–Crippen MR) is 51.5 cm³/mol. The highest BCUT2D eigenvalue weighted by atomic mass is 19.4. The monoisotopic (exact) mass is 308 g/mol. The van der Waals surface area contributed by atoms with Crippen molar-refractivity contribution in [3.8, 4) is 0 Å². The Balaban J connectivity index is 3.51. The van der Waals surface area contributed by atoms with Crippen molar-refractivity contribution < 1.29 is 39.5 Å². The molecule has 0 atom stereocenters. The molecule has 0 amide bonds. The highest BCUT2D eigenvalue weighted by molar-refractivity contribution is 5.68. The van der Waals surface area contributed by atoms with Crippen LogP contribution < -0.4 is 0 Å². The summed E-state index contributed by atoms with van der Waals surface area (Å²) in [6.07, 6.45) is -15.5. The van der Waals surface area contributed by atoms with Gasteiger partial charge in [-0.2, -0.15) is 39.5 Å². The number of hydrogen-bond acceptors (Lipinski definition) is 0. The number of alkyl halides is 9. The quantitative estimate of drug-likeness (QED) is 0.618. The number of allylic oxidation sites excluding steroid dienone is 1. The summed E-state index contributed by atoms with van der Waals surface area (Å²) in [5.41, 5.74) is -6.71. The summed E-state index contributed by atoms with van der Waals surface area (Å²) in [5, 5.41) is 0. The maximum absolute atomic E-state index is 12.4. The fourth-order valence-corrected chi connectivity index (χ4v) is 1.29. The smallest absolute Gasteiger partial charge is 0.166 e. The van der Waals surface area contributed by atoms with Gasteiger partial charge in [-0.15, -0.1) is 0 Å². The second kappa shape index (κ2) is 4.71. The molecule has 0 aromatic heterocycles. The lowest BCUT2D eigenvalue weighted by Crippen LogP contribution is -2.15. The summed E-state index contributed by atoms with van der Waals surface area (Å²) in [7, 11) is 0. The number of halogens is 9. The molecular weight excluding hydrogens is 303 g/mol. The van der Waals surface area contributed by atoms with Crippen molar-refractivity contribution in [2.24, 2.45) is 0 Å². The fraction of sp³-hybridized carbons (Fsp3) is 0.273. The molecule has 0 unspecified atom stereocenters. The van der Waals surface area contributed by atoms with Crippen molar-refractivity contribution >= 4 is 5.57 Å². The van der Waals surface area contributed by atoms with Gasteiger partial charge in [-0.05, 0) is 23.8 Å². The van der Waals surface area contributed by atoms with Gasteiger partial charge in [0.1, 0.15) is 0 Å². The van der Waals surface area contributed by atoms with Gasteiger partial charge in [-0.25, -0.2) is 0 Å². The van der Waals surface area contributed by atoms with E-state index in [0.717, 1.165) is 0 Å². The van der Waals surface area contributed by atoms with Crippen LogP contribution in [0.2, 0.25) is 0 Å². The molecule has 0 aliphatic rings. The third-order valence-corrected chi connectivity index (χ3v) is 2.28. The van der Waals surface area contributed by atoms with E-state index in [1.807, 2.05) is 0 Å². The van der Waals surface area contributed by atoms with Crippen LogP contribution >= 0.6 is 0 Å². The second-order valence-corrected chi connectivity index (χ2v) is 3.77. The van der Waals surface area contributed by atoms with Crippen molar-refractivity contribution in [2.75, 3.05) is 0 Å². The van der Waals surface area contributed by atoms with E-state index in [1.54, 1.807) is 0 Å². The van der Waals surface area contributed by atoms with Crippen LogP contribution in [0.25, 0.3) is 5.57 Å². The molecular formula is C11H5F9. The van der Waals surface area contributed by atoms with Crippen LogP contribution in [0.3, 0.4) is 0 Å². The van der Waals surface area contributed by atoms with E-state index in [1.165, 1.54) is 0 Å². The Morgan fingerprint density at radius 1 is 0.700 bits per heavy atom. The maximum atomic E-state index is 12.4. The highest BCUT2D eigenvalue weighted by Gasteiger charge is 2.39. The first kappa shape index (κ1) is 16.4. The number of rotatable bonds is 1. The Bertz CT molecular complexity index is 484. The van der Waals surface area contributed by atoms with Gasteiger partial charge in [0.15, 0.2) is 0 Å². The maximum Gasteiger partial charge on any atom is 0.416 e. The van der Waals surface area contributed by atoms with Crippen molar-refractivity contribution in [1.82, 2.24) is 0 Å². The molecule has 9 heteroatoms. The molecule has 0 spiro atoms. The minimum atomic E-state index is -5.21. The van der Waals surface area contributed by atoms with Gasteiger partial charge in [0.2, 0.25) is 0 Å². The number of hydrogen-bond donors (Lipinski definition) is 0. The molecule has 0 nitrogen and oxygen atoms in total. The van der Waals surface area contributed by atoms with Gasteiger partial charge in [0.05, 0.1) is 16.7 Å².